The minimum atomic E-state index is -0.448. The molecule has 2 amide bonds. The number of nitrogens with zero attached hydrogens (tertiary/aromatic N) is 6. The van der Waals surface area contributed by atoms with Gasteiger partial charge in [0.25, 0.3) is 11.8 Å². The molecule has 0 radical (unpaired) electrons. The number of hydrogen-bond acceptors (Lipinski definition) is 7. The van der Waals surface area contributed by atoms with Gasteiger partial charge in [-0.3, -0.25) is 14.5 Å². The zero-order chi connectivity index (χ0) is 22.1. The lowest BCUT2D eigenvalue weighted by atomic mass is 10.0. The van der Waals surface area contributed by atoms with Gasteiger partial charge < -0.3 is 4.90 Å². The Balaban J connectivity index is 1.69. The highest BCUT2D eigenvalue weighted by Crippen LogP contribution is 2.40. The monoisotopic (exact) mass is 476 g/mol. The van der Waals surface area contributed by atoms with Crippen LogP contribution >= 0.6 is 15.9 Å². The van der Waals surface area contributed by atoms with Gasteiger partial charge in [0.2, 0.25) is 0 Å². The van der Waals surface area contributed by atoms with E-state index in [1.807, 2.05) is 24.3 Å². The lowest BCUT2D eigenvalue weighted by Gasteiger charge is -2.30. The SMILES string of the molecule is CN1C(=O)c2cc(C#N)c(/N=N/c3ccc4c(c3)CCCN4CCC#N)c(Br)c2C1=O. The van der Waals surface area contributed by atoms with E-state index < -0.39 is 11.8 Å². The van der Waals surface area contributed by atoms with Gasteiger partial charge in [-0.15, -0.1) is 5.11 Å². The molecule has 0 saturated carbocycles. The summed E-state index contributed by atoms with van der Waals surface area (Å²) < 4.78 is 0.286. The molecule has 2 aliphatic rings. The molecule has 2 aromatic rings. The molecule has 0 N–H and O–H groups in total. The van der Waals surface area contributed by atoms with Gasteiger partial charge in [-0.25, -0.2) is 0 Å². The Hall–Kier alpha value is -3.56. The predicted octanol–water partition coefficient (Wildman–Crippen LogP) is 4.63. The van der Waals surface area contributed by atoms with Gasteiger partial charge in [0, 0.05) is 25.8 Å². The van der Waals surface area contributed by atoms with Gasteiger partial charge in [-0.1, -0.05) is 0 Å². The summed E-state index contributed by atoms with van der Waals surface area (Å²) >= 11 is 3.35. The summed E-state index contributed by atoms with van der Waals surface area (Å²) in [7, 11) is 1.40. The van der Waals surface area contributed by atoms with Crippen molar-refractivity contribution in [1.29, 1.82) is 10.5 Å². The number of anilines is 1. The fourth-order valence-electron chi connectivity index (χ4n) is 3.89. The van der Waals surface area contributed by atoms with Crippen LogP contribution in [0, 0.1) is 22.7 Å². The average molecular weight is 477 g/mol. The van der Waals surface area contributed by atoms with E-state index in [-0.39, 0.29) is 26.9 Å². The van der Waals surface area contributed by atoms with Crippen molar-refractivity contribution in [3.8, 4) is 12.1 Å². The molecule has 2 aromatic carbocycles. The first kappa shape index (κ1) is 20.7. The van der Waals surface area contributed by atoms with Crippen LogP contribution in [0.2, 0.25) is 0 Å². The van der Waals surface area contributed by atoms with E-state index in [0.717, 1.165) is 35.5 Å². The molecule has 154 valence electrons. The lowest BCUT2D eigenvalue weighted by Crippen LogP contribution is -2.30. The van der Waals surface area contributed by atoms with E-state index in [4.69, 9.17) is 5.26 Å². The minimum absolute atomic E-state index is 0.159. The Morgan fingerprint density at radius 1 is 1.16 bits per heavy atom. The molecule has 0 fully saturated rings. The number of hydrogen-bond donors (Lipinski definition) is 0. The summed E-state index contributed by atoms with van der Waals surface area (Å²) in [5.41, 5.74) is 3.61. The van der Waals surface area contributed by atoms with Gasteiger partial charge in [-0.2, -0.15) is 15.6 Å². The zero-order valence-corrected chi connectivity index (χ0v) is 18.3. The summed E-state index contributed by atoms with van der Waals surface area (Å²) in [4.78, 5) is 27.9. The third kappa shape index (κ3) is 3.58. The molecule has 9 heteroatoms. The molecule has 0 saturated heterocycles. The molecule has 0 aliphatic carbocycles. The highest BCUT2D eigenvalue weighted by atomic mass is 79.9. The minimum Gasteiger partial charge on any atom is -0.370 e. The van der Waals surface area contributed by atoms with Crippen LogP contribution < -0.4 is 4.90 Å². The van der Waals surface area contributed by atoms with Crippen molar-refractivity contribution < 1.29 is 9.59 Å². The number of fused-ring (bicyclic) bond motifs is 2. The third-order valence-electron chi connectivity index (χ3n) is 5.45. The summed E-state index contributed by atoms with van der Waals surface area (Å²) in [5, 5.41) is 26.9. The molecule has 0 spiro atoms. The molecular formula is C22H17BrN6O2. The number of carbonyl (C=O) groups is 2. The van der Waals surface area contributed by atoms with Crippen molar-refractivity contribution >= 4 is 44.8 Å². The highest BCUT2D eigenvalue weighted by molar-refractivity contribution is 9.10. The highest BCUT2D eigenvalue weighted by Gasteiger charge is 2.37. The standard InChI is InChI=1S/C22H17BrN6O2/c1-28-21(30)16-11-14(12-25)20(19(23)18(16)22(28)31)27-26-15-5-6-17-13(10-15)4-2-8-29(17)9-3-7-24/h5-6,10-11H,2-4,8-9H2,1H3/b27-26+. The maximum absolute atomic E-state index is 12.4. The molecule has 31 heavy (non-hydrogen) atoms. The van der Waals surface area contributed by atoms with Gasteiger partial charge in [0.15, 0.2) is 0 Å². The molecule has 0 atom stereocenters. The fourth-order valence-corrected chi connectivity index (χ4v) is 4.57. The first-order valence-electron chi connectivity index (χ1n) is 9.71. The number of carbonyl (C=O) groups excluding carboxylic acids is 2. The molecule has 0 unspecified atom stereocenters. The number of aryl methyl sites for hydroxylation is 1. The Bertz CT molecular complexity index is 1220. The van der Waals surface area contributed by atoms with Crippen LogP contribution in [-0.4, -0.2) is 36.9 Å². The van der Waals surface area contributed by atoms with Crippen LogP contribution in [-0.2, 0) is 6.42 Å². The number of azo groups is 1. The number of benzene rings is 2. The van der Waals surface area contributed by atoms with Crippen LogP contribution in [0.5, 0.6) is 0 Å². The second-order valence-electron chi connectivity index (χ2n) is 7.30. The number of rotatable bonds is 4. The maximum Gasteiger partial charge on any atom is 0.262 e. The predicted molar refractivity (Wildman–Crippen MR) is 117 cm³/mol. The Morgan fingerprint density at radius 3 is 2.71 bits per heavy atom. The van der Waals surface area contributed by atoms with Crippen LogP contribution in [0.3, 0.4) is 0 Å². The van der Waals surface area contributed by atoms with Crippen LogP contribution in [0.15, 0.2) is 39.0 Å². The van der Waals surface area contributed by atoms with Crippen molar-refractivity contribution in [3.63, 3.8) is 0 Å². The largest absolute Gasteiger partial charge is 0.370 e. The van der Waals surface area contributed by atoms with E-state index >= 15 is 0 Å². The topological polar surface area (TPSA) is 113 Å². The number of imide groups is 1. The molecule has 0 aromatic heterocycles. The summed E-state index contributed by atoms with van der Waals surface area (Å²) in [5.74, 6) is -0.893. The number of amides is 2. The van der Waals surface area contributed by atoms with Crippen LogP contribution in [0.1, 0.15) is 44.7 Å². The summed E-state index contributed by atoms with van der Waals surface area (Å²) in [6.07, 6.45) is 2.38. The van der Waals surface area contributed by atoms with E-state index in [9.17, 15) is 14.9 Å². The summed E-state index contributed by atoms with van der Waals surface area (Å²) in [6, 6.07) is 11.4. The zero-order valence-electron chi connectivity index (χ0n) is 16.7. The molecule has 0 bridgehead atoms. The first-order chi connectivity index (χ1) is 15.0. The number of halogens is 1. The van der Waals surface area contributed by atoms with Crippen molar-refractivity contribution in [2.45, 2.75) is 19.3 Å². The molecular weight excluding hydrogens is 460 g/mol. The van der Waals surface area contributed by atoms with Crippen molar-refractivity contribution in [1.82, 2.24) is 4.90 Å². The van der Waals surface area contributed by atoms with Crippen LogP contribution in [0.25, 0.3) is 0 Å². The van der Waals surface area contributed by atoms with Gasteiger partial charge in [0.05, 0.1) is 39.3 Å². The second-order valence-corrected chi connectivity index (χ2v) is 8.10. The number of nitriles is 2. The average Bonchev–Trinajstić information content (AvgIpc) is 3.00. The smallest absolute Gasteiger partial charge is 0.262 e. The maximum atomic E-state index is 12.4. The second kappa shape index (κ2) is 8.29. The van der Waals surface area contributed by atoms with Crippen LogP contribution in [0.4, 0.5) is 17.1 Å². The van der Waals surface area contributed by atoms with Gasteiger partial charge >= 0.3 is 0 Å². The molecule has 2 aliphatic heterocycles. The van der Waals surface area contributed by atoms with Gasteiger partial charge in [-0.05, 0) is 58.6 Å². The van der Waals surface area contributed by atoms with Crippen molar-refractivity contribution in [3.05, 3.63) is 51.0 Å². The Kier molecular flexibility index (Phi) is 5.53. The fraction of sp³-hybridized carbons (Fsp3) is 0.273. The molecule has 4 rings (SSSR count). The van der Waals surface area contributed by atoms with Crippen molar-refractivity contribution in [2.75, 3.05) is 25.0 Å². The third-order valence-corrected chi connectivity index (χ3v) is 6.22. The normalized spacial score (nSPS) is 15.1. The van der Waals surface area contributed by atoms with E-state index in [1.165, 1.54) is 13.1 Å². The van der Waals surface area contributed by atoms with Crippen molar-refractivity contribution in [2.24, 2.45) is 10.2 Å². The van der Waals surface area contributed by atoms with E-state index in [0.29, 0.717) is 18.7 Å². The van der Waals surface area contributed by atoms with E-state index in [1.54, 1.807) is 0 Å². The van der Waals surface area contributed by atoms with Gasteiger partial charge in [0.1, 0.15) is 11.8 Å². The molecule has 8 nitrogen and oxygen atoms in total. The molecule has 2 heterocycles. The lowest BCUT2D eigenvalue weighted by molar-refractivity contribution is 0.0693. The summed E-state index contributed by atoms with van der Waals surface area (Å²) in [6.45, 7) is 1.61. The Labute approximate surface area is 187 Å². The quantitative estimate of drug-likeness (QED) is 0.471. The first-order valence-corrected chi connectivity index (χ1v) is 10.5. The van der Waals surface area contributed by atoms with E-state index in [2.05, 4.69) is 37.1 Å². The Morgan fingerprint density at radius 2 is 1.97 bits per heavy atom.